The number of anilines is 1. The van der Waals surface area contributed by atoms with E-state index in [1.165, 1.54) is 53.4 Å². The standard InChI is InChI=1S/C22H19F4N5O4/c23-14-3-5-15(6-4-14)28-21(33)27-11-18-29-20(35-30-18)17-9-10-19(32)31(17)12-13-1-7-16(8-2-13)34-22(24,25)26/h1-8,17H,9-12H2,(H2,27,28,33)/t17-/m0/s1. The van der Waals surface area contributed by atoms with E-state index in [2.05, 4.69) is 25.5 Å². The second kappa shape index (κ2) is 9.99. The fourth-order valence-electron chi connectivity index (χ4n) is 3.52. The molecule has 1 aliphatic rings. The van der Waals surface area contributed by atoms with Crippen molar-refractivity contribution in [2.24, 2.45) is 0 Å². The van der Waals surface area contributed by atoms with Gasteiger partial charge in [-0.05, 0) is 48.4 Å². The van der Waals surface area contributed by atoms with Gasteiger partial charge in [-0.1, -0.05) is 17.3 Å². The van der Waals surface area contributed by atoms with Crippen molar-refractivity contribution in [3.63, 3.8) is 0 Å². The van der Waals surface area contributed by atoms with E-state index >= 15 is 0 Å². The number of hydrogen-bond acceptors (Lipinski definition) is 6. The highest BCUT2D eigenvalue weighted by Gasteiger charge is 2.36. The van der Waals surface area contributed by atoms with Gasteiger partial charge >= 0.3 is 12.4 Å². The third-order valence-electron chi connectivity index (χ3n) is 5.12. The molecule has 13 heteroatoms. The third-order valence-corrected chi connectivity index (χ3v) is 5.12. The van der Waals surface area contributed by atoms with Gasteiger partial charge in [0.2, 0.25) is 11.8 Å². The van der Waals surface area contributed by atoms with Crippen LogP contribution in [0.5, 0.6) is 5.75 Å². The summed E-state index contributed by atoms with van der Waals surface area (Å²) >= 11 is 0. The summed E-state index contributed by atoms with van der Waals surface area (Å²) in [7, 11) is 0. The van der Waals surface area contributed by atoms with Crippen molar-refractivity contribution in [1.29, 1.82) is 0 Å². The molecule has 0 unspecified atom stereocenters. The van der Waals surface area contributed by atoms with Gasteiger partial charge in [-0.15, -0.1) is 13.2 Å². The molecule has 1 atom stereocenters. The first-order valence-electron chi connectivity index (χ1n) is 10.4. The van der Waals surface area contributed by atoms with Crippen LogP contribution in [0.1, 0.15) is 36.2 Å². The fourth-order valence-corrected chi connectivity index (χ4v) is 3.52. The summed E-state index contributed by atoms with van der Waals surface area (Å²) in [6.07, 6.45) is -4.12. The Bertz CT molecular complexity index is 1180. The highest BCUT2D eigenvalue weighted by atomic mass is 19.4. The summed E-state index contributed by atoms with van der Waals surface area (Å²) in [5, 5.41) is 8.90. The van der Waals surface area contributed by atoms with E-state index in [9.17, 15) is 27.2 Å². The number of carbonyl (C=O) groups excluding carboxylic acids is 2. The van der Waals surface area contributed by atoms with Gasteiger partial charge in [0.05, 0.1) is 6.54 Å². The average Bonchev–Trinajstić information content (AvgIpc) is 3.41. The molecule has 0 bridgehead atoms. The van der Waals surface area contributed by atoms with Crippen LogP contribution in [0.2, 0.25) is 0 Å². The number of likely N-dealkylation sites (tertiary alicyclic amines) is 1. The second-order valence-electron chi connectivity index (χ2n) is 7.63. The Morgan fingerprint density at radius 1 is 1.14 bits per heavy atom. The van der Waals surface area contributed by atoms with E-state index in [0.717, 1.165) is 0 Å². The molecule has 184 valence electrons. The lowest BCUT2D eigenvalue weighted by Crippen LogP contribution is -2.29. The Balaban J connectivity index is 1.34. The number of hydrogen-bond donors (Lipinski definition) is 2. The first-order chi connectivity index (χ1) is 16.7. The number of carbonyl (C=O) groups is 2. The van der Waals surface area contributed by atoms with Crippen molar-refractivity contribution < 1.29 is 36.4 Å². The molecule has 9 nitrogen and oxygen atoms in total. The van der Waals surface area contributed by atoms with E-state index in [1.54, 1.807) is 0 Å². The third kappa shape index (κ3) is 6.46. The Morgan fingerprint density at radius 2 is 1.86 bits per heavy atom. The van der Waals surface area contributed by atoms with Crippen molar-refractivity contribution >= 4 is 17.6 Å². The van der Waals surface area contributed by atoms with Gasteiger partial charge in [-0.25, -0.2) is 9.18 Å². The Kier molecular flexibility index (Phi) is 6.85. The van der Waals surface area contributed by atoms with Crippen LogP contribution in [0.3, 0.4) is 0 Å². The van der Waals surface area contributed by atoms with Crippen molar-refractivity contribution in [2.75, 3.05) is 5.32 Å². The van der Waals surface area contributed by atoms with Crippen LogP contribution in [-0.4, -0.2) is 33.3 Å². The number of rotatable bonds is 7. The lowest BCUT2D eigenvalue weighted by Gasteiger charge is -2.22. The Labute approximate surface area is 196 Å². The van der Waals surface area contributed by atoms with Gasteiger partial charge in [0, 0.05) is 18.7 Å². The summed E-state index contributed by atoms with van der Waals surface area (Å²) in [6.45, 7) is 0.0731. The highest BCUT2D eigenvalue weighted by Crippen LogP contribution is 2.33. The number of ether oxygens (including phenoxy) is 1. The van der Waals surface area contributed by atoms with Gasteiger partial charge < -0.3 is 24.8 Å². The van der Waals surface area contributed by atoms with Crippen LogP contribution in [0.15, 0.2) is 53.1 Å². The molecule has 1 saturated heterocycles. The second-order valence-corrected chi connectivity index (χ2v) is 7.63. The number of alkyl halides is 3. The van der Waals surface area contributed by atoms with Crippen molar-refractivity contribution in [2.45, 2.75) is 38.3 Å². The van der Waals surface area contributed by atoms with E-state index in [1.807, 2.05) is 0 Å². The summed E-state index contributed by atoms with van der Waals surface area (Å²) in [4.78, 5) is 30.2. The number of aromatic nitrogens is 2. The van der Waals surface area contributed by atoms with Gasteiger partial charge in [0.25, 0.3) is 0 Å². The SMILES string of the molecule is O=C(NCc1noc([C@@H]2CCC(=O)N2Cc2ccc(OC(F)(F)F)cc2)n1)Nc1ccc(F)cc1. The summed E-state index contributed by atoms with van der Waals surface area (Å²) in [5.41, 5.74) is 0.995. The number of benzene rings is 2. The highest BCUT2D eigenvalue weighted by molar-refractivity contribution is 5.89. The molecule has 1 aromatic heterocycles. The minimum atomic E-state index is -4.79. The number of nitrogens with one attached hydrogen (secondary N) is 2. The molecule has 3 amide bonds. The van der Waals surface area contributed by atoms with Crippen molar-refractivity contribution in [3.05, 3.63) is 71.6 Å². The molecule has 0 spiro atoms. The van der Waals surface area contributed by atoms with Crippen LogP contribution in [0.4, 0.5) is 28.0 Å². The molecule has 0 saturated carbocycles. The number of nitrogens with zero attached hydrogens (tertiary/aromatic N) is 3. The maximum absolute atomic E-state index is 12.9. The van der Waals surface area contributed by atoms with Crippen molar-refractivity contribution in [3.8, 4) is 5.75 Å². The Hall–Kier alpha value is -4.16. The molecule has 4 rings (SSSR count). The van der Waals surface area contributed by atoms with Gasteiger partial charge in [0.1, 0.15) is 17.6 Å². The smallest absolute Gasteiger partial charge is 0.406 e. The zero-order valence-corrected chi connectivity index (χ0v) is 18.0. The molecule has 1 aliphatic heterocycles. The molecular formula is C22H19F4N5O4. The van der Waals surface area contributed by atoms with E-state index in [0.29, 0.717) is 17.7 Å². The first kappa shape index (κ1) is 24.0. The fraction of sp³-hybridized carbons (Fsp3) is 0.273. The molecule has 0 radical (unpaired) electrons. The number of urea groups is 1. The van der Waals surface area contributed by atoms with Crippen LogP contribution < -0.4 is 15.4 Å². The number of halogens is 4. The quantitative estimate of drug-likeness (QED) is 0.475. The van der Waals surface area contributed by atoms with Crippen molar-refractivity contribution in [1.82, 2.24) is 20.4 Å². The molecule has 3 aromatic rings. The topological polar surface area (TPSA) is 110 Å². The molecule has 2 heterocycles. The molecule has 2 aromatic carbocycles. The van der Waals surface area contributed by atoms with Gasteiger partial charge in [-0.3, -0.25) is 4.79 Å². The minimum absolute atomic E-state index is 0.0577. The molecule has 0 aliphatic carbocycles. The van der Waals surface area contributed by atoms with Crippen LogP contribution in [0.25, 0.3) is 0 Å². The maximum Gasteiger partial charge on any atom is 0.573 e. The zero-order valence-electron chi connectivity index (χ0n) is 18.0. The lowest BCUT2D eigenvalue weighted by molar-refractivity contribution is -0.274. The predicted octanol–water partition coefficient (Wildman–Crippen LogP) is 4.29. The van der Waals surface area contributed by atoms with Crippen LogP contribution in [0, 0.1) is 5.82 Å². The zero-order chi connectivity index (χ0) is 25.0. The molecule has 35 heavy (non-hydrogen) atoms. The largest absolute Gasteiger partial charge is 0.573 e. The predicted molar refractivity (Wildman–Crippen MR) is 112 cm³/mol. The Morgan fingerprint density at radius 3 is 2.54 bits per heavy atom. The van der Waals surface area contributed by atoms with Gasteiger partial charge in [-0.2, -0.15) is 4.98 Å². The van der Waals surface area contributed by atoms with E-state index in [4.69, 9.17) is 4.52 Å². The van der Waals surface area contributed by atoms with Crippen LogP contribution >= 0.6 is 0 Å². The first-order valence-corrected chi connectivity index (χ1v) is 10.4. The van der Waals surface area contributed by atoms with Gasteiger partial charge in [0.15, 0.2) is 5.82 Å². The summed E-state index contributed by atoms with van der Waals surface area (Å²) in [5.74, 6) is -0.585. The van der Waals surface area contributed by atoms with E-state index < -0.39 is 24.3 Å². The molecule has 1 fully saturated rings. The number of amides is 3. The molecule has 2 N–H and O–H groups in total. The maximum atomic E-state index is 12.9. The lowest BCUT2D eigenvalue weighted by atomic mass is 10.1. The average molecular weight is 493 g/mol. The van der Waals surface area contributed by atoms with Crippen LogP contribution in [-0.2, 0) is 17.9 Å². The monoisotopic (exact) mass is 493 g/mol. The normalized spacial score (nSPS) is 15.8. The van der Waals surface area contributed by atoms with E-state index in [-0.39, 0.29) is 42.9 Å². The summed E-state index contributed by atoms with van der Waals surface area (Å²) < 4.78 is 59.1. The molecular weight excluding hydrogens is 474 g/mol. The minimum Gasteiger partial charge on any atom is -0.406 e. The summed E-state index contributed by atoms with van der Waals surface area (Å²) in [6, 6.07) is 9.38.